The number of hydrogen-bond acceptors (Lipinski definition) is 3. The number of halogens is 1. The van der Waals surface area contributed by atoms with E-state index in [1.165, 1.54) is 4.52 Å². The van der Waals surface area contributed by atoms with E-state index in [0.717, 1.165) is 25.9 Å². The molecule has 1 N–H and O–H groups in total. The van der Waals surface area contributed by atoms with Crippen LogP contribution in [0.2, 0.25) is 5.02 Å². The molecule has 0 bridgehead atoms. The largest absolute Gasteiger partial charge is 0.317 e. The molecule has 0 unspecified atom stereocenters. The summed E-state index contributed by atoms with van der Waals surface area (Å²) >= 11 is 6.25. The molecule has 1 aliphatic rings. The molecular weight excluding hydrogens is 224 g/mol. The first kappa shape index (κ1) is 7.25. The number of hydrogen-bond donors (Lipinski definition) is 1. The van der Waals surface area contributed by atoms with Gasteiger partial charge in [0.25, 0.3) is 0 Å². The minimum absolute atomic E-state index is 0.0530. The predicted molar refractivity (Wildman–Crippen MR) is 62.8 cm³/mol. The van der Waals surface area contributed by atoms with E-state index in [9.17, 15) is 0 Å². The molecule has 5 heteroatoms. The molecule has 0 aliphatic carbocycles. The zero-order chi connectivity index (χ0) is 13.6. The number of piperidine rings is 1. The van der Waals surface area contributed by atoms with Crippen LogP contribution in [0.3, 0.4) is 0 Å². The van der Waals surface area contributed by atoms with Crippen molar-refractivity contribution in [3.63, 3.8) is 0 Å². The Balaban J connectivity index is 2.23. The molecule has 2 aromatic heterocycles. The molecule has 1 fully saturated rings. The Morgan fingerprint density at radius 1 is 1.50 bits per heavy atom. The molecule has 3 rings (SSSR count). The van der Waals surface area contributed by atoms with Crippen molar-refractivity contribution >= 4 is 17.2 Å². The fraction of sp³-hybridized carbons (Fsp3) is 0.455. The molecule has 1 saturated heterocycles. The van der Waals surface area contributed by atoms with Crippen LogP contribution in [0.1, 0.15) is 28.4 Å². The number of fused-ring (bicyclic) bond motifs is 1. The van der Waals surface area contributed by atoms with Gasteiger partial charge in [-0.15, -0.1) is 0 Å². The highest BCUT2D eigenvalue weighted by molar-refractivity contribution is 6.31. The molecule has 1 aliphatic heterocycles. The van der Waals surface area contributed by atoms with Crippen LogP contribution < -0.4 is 5.32 Å². The van der Waals surface area contributed by atoms with Crippen LogP contribution in [-0.2, 0) is 0 Å². The van der Waals surface area contributed by atoms with E-state index in [1.54, 1.807) is 0 Å². The smallest absolute Gasteiger partial charge is 0.156 e. The van der Waals surface area contributed by atoms with E-state index in [0.29, 0.717) is 5.56 Å². The van der Waals surface area contributed by atoms with Gasteiger partial charge in [0.2, 0.25) is 0 Å². The first-order valence-electron chi connectivity index (χ1n) is 6.82. The molecule has 0 atom stereocenters. The van der Waals surface area contributed by atoms with E-state index < -0.39 is 0 Å². The van der Waals surface area contributed by atoms with Crippen molar-refractivity contribution < 1.29 is 4.11 Å². The third-order valence-electron chi connectivity index (χ3n) is 2.93. The molecule has 0 amide bonds. The number of aromatic nitrogens is 3. The number of pyridine rings is 1. The first-order valence-corrected chi connectivity index (χ1v) is 5.70. The lowest BCUT2D eigenvalue weighted by molar-refractivity contribution is 0.459. The summed E-state index contributed by atoms with van der Waals surface area (Å²) in [7, 11) is 0. The van der Waals surface area contributed by atoms with Crippen molar-refractivity contribution in [1.29, 1.82) is 0 Å². The fourth-order valence-electron chi connectivity index (χ4n) is 2.08. The fourth-order valence-corrected chi connectivity index (χ4v) is 2.36. The maximum absolute atomic E-state index is 8.22. The van der Waals surface area contributed by atoms with Gasteiger partial charge in [-0.05, 0) is 37.4 Å². The molecule has 0 radical (unpaired) electrons. The summed E-state index contributed by atoms with van der Waals surface area (Å²) in [5.74, 6) is 0.160. The molecule has 16 heavy (non-hydrogen) atoms. The highest BCUT2D eigenvalue weighted by Gasteiger charge is 2.18. The average Bonchev–Trinajstić information content (AvgIpc) is 2.80. The Bertz CT molecular complexity index is 637. The van der Waals surface area contributed by atoms with Gasteiger partial charge in [-0.2, -0.15) is 5.10 Å². The zero-order valence-corrected chi connectivity index (χ0v) is 9.38. The Labute approximate surface area is 103 Å². The molecular formula is C11H13ClN4. The van der Waals surface area contributed by atoms with Crippen LogP contribution in [0, 0.1) is 0 Å². The highest BCUT2D eigenvalue weighted by atomic mass is 35.5. The SMILES string of the molecule is [2H]c1nc2c([2H])c(Cl)c(C3CCNCC3)c([2H])n2n1. The summed E-state index contributed by atoms with van der Waals surface area (Å²) in [5.41, 5.74) is 0.836. The predicted octanol–water partition coefficient (Wildman–Crippen LogP) is 1.85. The van der Waals surface area contributed by atoms with Gasteiger partial charge >= 0.3 is 0 Å². The summed E-state index contributed by atoms with van der Waals surface area (Å²) in [6.07, 6.45) is 1.73. The van der Waals surface area contributed by atoms with Crippen LogP contribution >= 0.6 is 11.6 Å². The zero-order valence-electron chi connectivity index (χ0n) is 11.6. The number of nitrogens with zero attached hydrogens (tertiary/aromatic N) is 3. The molecule has 0 aromatic carbocycles. The summed E-state index contributed by atoms with van der Waals surface area (Å²) in [6.45, 7) is 1.76. The topological polar surface area (TPSA) is 42.2 Å². The lowest BCUT2D eigenvalue weighted by Crippen LogP contribution is -2.26. The van der Waals surface area contributed by atoms with Crippen molar-refractivity contribution in [1.82, 2.24) is 19.9 Å². The number of nitrogens with one attached hydrogen (secondary N) is 1. The van der Waals surface area contributed by atoms with Gasteiger partial charge in [0.15, 0.2) is 5.65 Å². The monoisotopic (exact) mass is 239 g/mol. The molecule has 4 nitrogen and oxygen atoms in total. The van der Waals surface area contributed by atoms with E-state index in [4.69, 9.17) is 15.7 Å². The normalized spacial score (nSPS) is 20.7. The second kappa shape index (κ2) is 4.03. The molecule has 0 saturated carbocycles. The van der Waals surface area contributed by atoms with Gasteiger partial charge in [0.05, 0.1) is 2.74 Å². The van der Waals surface area contributed by atoms with Crippen LogP contribution in [0.4, 0.5) is 0 Å². The van der Waals surface area contributed by atoms with Gasteiger partial charge in [0.1, 0.15) is 7.67 Å². The van der Waals surface area contributed by atoms with E-state index in [1.807, 2.05) is 0 Å². The van der Waals surface area contributed by atoms with Crippen molar-refractivity contribution in [3.8, 4) is 0 Å². The molecule has 0 spiro atoms. The Morgan fingerprint density at radius 2 is 2.31 bits per heavy atom. The summed E-state index contributed by atoms with van der Waals surface area (Å²) in [5, 5.41) is 7.40. The maximum atomic E-state index is 8.22. The van der Waals surface area contributed by atoms with Crippen molar-refractivity contribution in [3.05, 3.63) is 29.1 Å². The Kier molecular flexibility index (Phi) is 1.83. The van der Waals surface area contributed by atoms with Crippen molar-refractivity contribution in [2.75, 3.05) is 13.1 Å². The average molecular weight is 240 g/mol. The first-order chi connectivity index (χ1) is 9.09. The van der Waals surface area contributed by atoms with Gasteiger partial charge < -0.3 is 5.32 Å². The Morgan fingerprint density at radius 3 is 3.12 bits per heavy atom. The minimum atomic E-state index is -0.194. The van der Waals surface area contributed by atoms with Crippen LogP contribution in [-0.4, -0.2) is 27.7 Å². The summed E-state index contributed by atoms with van der Waals surface area (Å²) in [4.78, 5) is 3.83. The quantitative estimate of drug-likeness (QED) is 0.826. The molecule has 84 valence electrons. The van der Waals surface area contributed by atoms with Gasteiger partial charge in [0, 0.05) is 17.2 Å². The second-order valence-electron chi connectivity index (χ2n) is 3.94. The third-order valence-corrected chi connectivity index (χ3v) is 3.23. The maximum Gasteiger partial charge on any atom is 0.156 e. The van der Waals surface area contributed by atoms with Crippen molar-refractivity contribution in [2.45, 2.75) is 18.8 Å². The molecule has 2 aromatic rings. The third kappa shape index (κ3) is 1.68. The lowest BCUT2D eigenvalue weighted by atomic mass is 9.91. The van der Waals surface area contributed by atoms with Gasteiger partial charge in [-0.3, -0.25) is 0 Å². The van der Waals surface area contributed by atoms with Gasteiger partial charge in [-0.1, -0.05) is 11.6 Å². The van der Waals surface area contributed by atoms with Crippen LogP contribution in [0.15, 0.2) is 18.5 Å². The van der Waals surface area contributed by atoms with Crippen LogP contribution in [0.5, 0.6) is 0 Å². The minimum Gasteiger partial charge on any atom is -0.317 e. The molecule has 3 heterocycles. The lowest BCUT2D eigenvalue weighted by Gasteiger charge is -2.23. The van der Waals surface area contributed by atoms with E-state index >= 15 is 0 Å². The number of rotatable bonds is 1. The summed E-state index contributed by atoms with van der Waals surface area (Å²) < 4.78 is 24.9. The van der Waals surface area contributed by atoms with E-state index in [2.05, 4.69) is 15.4 Å². The Hall–Kier alpha value is -1.13. The van der Waals surface area contributed by atoms with E-state index in [-0.39, 0.29) is 35.1 Å². The van der Waals surface area contributed by atoms with Crippen LogP contribution in [0.25, 0.3) is 5.65 Å². The highest BCUT2D eigenvalue weighted by Crippen LogP contribution is 2.31. The van der Waals surface area contributed by atoms with Gasteiger partial charge in [-0.25, -0.2) is 9.50 Å². The standard InChI is InChI=1S/C11H13ClN4/c12-10-5-11-14-7-15-16(11)6-9(10)8-1-3-13-4-2-8/h5-8,13H,1-4H2/i5D,6D,7D. The second-order valence-corrected chi connectivity index (χ2v) is 4.31. The summed E-state index contributed by atoms with van der Waals surface area (Å²) in [6, 6.07) is 0.0530. The van der Waals surface area contributed by atoms with Crippen molar-refractivity contribution in [2.24, 2.45) is 0 Å².